The zero-order valence-electron chi connectivity index (χ0n) is 7.62. The summed E-state index contributed by atoms with van der Waals surface area (Å²) in [5, 5.41) is 0. The van der Waals surface area contributed by atoms with Crippen LogP contribution in [0.4, 0.5) is 0 Å². The molecule has 1 fully saturated rings. The highest BCUT2D eigenvalue weighted by molar-refractivity contribution is 5.89. The normalized spacial score (nSPS) is 19.2. The Labute approximate surface area is 77.5 Å². The molecule has 0 spiro atoms. The molecule has 0 N–H and O–H groups in total. The summed E-state index contributed by atoms with van der Waals surface area (Å²) in [6, 6.07) is 9.85. The van der Waals surface area contributed by atoms with Crippen molar-refractivity contribution in [3.63, 3.8) is 0 Å². The summed E-state index contributed by atoms with van der Waals surface area (Å²) in [4.78, 5) is 11.5. The van der Waals surface area contributed by atoms with E-state index in [1.54, 1.807) is 6.92 Å². The topological polar surface area (TPSA) is 26.3 Å². The maximum atomic E-state index is 11.5. The molecular weight excluding hydrogens is 164 g/mol. The van der Waals surface area contributed by atoms with Crippen LogP contribution in [0.1, 0.15) is 12.5 Å². The predicted octanol–water partition coefficient (Wildman–Crippen LogP) is 1.54. The Hall–Kier alpha value is -1.15. The highest BCUT2D eigenvalue weighted by Gasteiger charge is 2.44. The van der Waals surface area contributed by atoms with E-state index >= 15 is 0 Å². The van der Waals surface area contributed by atoms with Gasteiger partial charge in [0.05, 0.1) is 13.2 Å². The Kier molecular flexibility index (Phi) is 1.93. The molecule has 0 radical (unpaired) electrons. The van der Waals surface area contributed by atoms with Gasteiger partial charge in [0, 0.05) is 0 Å². The van der Waals surface area contributed by atoms with Crippen LogP contribution in [0.5, 0.6) is 0 Å². The molecule has 0 aliphatic carbocycles. The molecule has 68 valence electrons. The Morgan fingerprint density at radius 1 is 1.31 bits per heavy atom. The molecule has 1 heterocycles. The lowest BCUT2D eigenvalue weighted by Gasteiger charge is -2.39. The lowest BCUT2D eigenvalue weighted by Crippen LogP contribution is -2.52. The summed E-state index contributed by atoms with van der Waals surface area (Å²) in [6.45, 7) is 2.70. The fourth-order valence-corrected chi connectivity index (χ4v) is 1.64. The molecular formula is C11H12O2. The molecule has 0 atom stereocenters. The molecule has 1 aliphatic heterocycles. The van der Waals surface area contributed by atoms with E-state index in [0.29, 0.717) is 13.2 Å². The number of benzene rings is 1. The van der Waals surface area contributed by atoms with Crippen molar-refractivity contribution in [2.45, 2.75) is 12.3 Å². The average Bonchev–Trinajstić information content (AvgIpc) is 2.03. The fourth-order valence-electron chi connectivity index (χ4n) is 1.64. The van der Waals surface area contributed by atoms with Crippen LogP contribution in [-0.4, -0.2) is 19.0 Å². The third kappa shape index (κ3) is 1.18. The second-order valence-electron chi connectivity index (χ2n) is 3.50. The Morgan fingerprint density at radius 3 is 2.31 bits per heavy atom. The molecule has 0 bridgehead atoms. The summed E-state index contributed by atoms with van der Waals surface area (Å²) in [5.41, 5.74) is 0.732. The molecule has 1 aliphatic rings. The van der Waals surface area contributed by atoms with Crippen LogP contribution in [0, 0.1) is 0 Å². The van der Waals surface area contributed by atoms with Gasteiger partial charge in [-0.15, -0.1) is 0 Å². The van der Waals surface area contributed by atoms with Gasteiger partial charge >= 0.3 is 0 Å². The van der Waals surface area contributed by atoms with E-state index in [-0.39, 0.29) is 11.2 Å². The van der Waals surface area contributed by atoms with Gasteiger partial charge in [0.1, 0.15) is 11.2 Å². The van der Waals surface area contributed by atoms with E-state index in [4.69, 9.17) is 4.74 Å². The van der Waals surface area contributed by atoms with E-state index in [1.165, 1.54) is 0 Å². The molecule has 1 aromatic carbocycles. The number of Topliss-reactive ketones (excluding diaryl/α,β-unsaturated/α-hetero) is 1. The van der Waals surface area contributed by atoms with Crippen molar-refractivity contribution in [1.29, 1.82) is 0 Å². The van der Waals surface area contributed by atoms with E-state index in [0.717, 1.165) is 5.56 Å². The van der Waals surface area contributed by atoms with E-state index in [2.05, 4.69) is 0 Å². The van der Waals surface area contributed by atoms with E-state index < -0.39 is 0 Å². The summed E-state index contributed by atoms with van der Waals surface area (Å²) in [7, 11) is 0. The van der Waals surface area contributed by atoms with Gasteiger partial charge in [-0.1, -0.05) is 30.3 Å². The van der Waals surface area contributed by atoms with Crippen LogP contribution in [0.15, 0.2) is 30.3 Å². The van der Waals surface area contributed by atoms with Crippen LogP contribution >= 0.6 is 0 Å². The molecule has 0 aromatic heterocycles. The minimum Gasteiger partial charge on any atom is -0.378 e. The smallest absolute Gasteiger partial charge is 0.145 e. The van der Waals surface area contributed by atoms with Crippen LogP contribution in [-0.2, 0) is 14.9 Å². The number of carbonyl (C=O) groups is 1. The first kappa shape index (κ1) is 8.45. The lowest BCUT2D eigenvalue weighted by molar-refractivity contribution is -0.140. The Morgan fingerprint density at radius 2 is 1.92 bits per heavy atom. The van der Waals surface area contributed by atoms with Gasteiger partial charge in [-0.2, -0.15) is 0 Å². The van der Waals surface area contributed by atoms with E-state index in [1.807, 2.05) is 30.3 Å². The van der Waals surface area contributed by atoms with Gasteiger partial charge < -0.3 is 4.74 Å². The van der Waals surface area contributed by atoms with Gasteiger partial charge in [0.25, 0.3) is 0 Å². The molecule has 1 saturated heterocycles. The number of rotatable bonds is 2. The van der Waals surface area contributed by atoms with Crippen LogP contribution in [0.2, 0.25) is 0 Å². The largest absolute Gasteiger partial charge is 0.378 e. The summed E-state index contributed by atoms with van der Waals surface area (Å²) in [6.07, 6.45) is 0. The Balaban J connectivity index is 2.38. The monoisotopic (exact) mass is 176 g/mol. The average molecular weight is 176 g/mol. The second kappa shape index (κ2) is 2.96. The predicted molar refractivity (Wildman–Crippen MR) is 49.6 cm³/mol. The van der Waals surface area contributed by atoms with Crippen LogP contribution in [0.3, 0.4) is 0 Å². The fraction of sp³-hybridized carbons (Fsp3) is 0.364. The van der Waals surface area contributed by atoms with Crippen molar-refractivity contribution >= 4 is 5.78 Å². The number of ether oxygens (including phenoxy) is 1. The highest BCUT2D eigenvalue weighted by Crippen LogP contribution is 2.32. The molecule has 2 heteroatoms. The number of carbonyl (C=O) groups excluding carboxylic acids is 1. The van der Waals surface area contributed by atoms with Crippen LogP contribution in [0.25, 0.3) is 0 Å². The maximum Gasteiger partial charge on any atom is 0.145 e. The zero-order valence-corrected chi connectivity index (χ0v) is 7.62. The van der Waals surface area contributed by atoms with Crippen molar-refractivity contribution in [1.82, 2.24) is 0 Å². The van der Waals surface area contributed by atoms with Crippen molar-refractivity contribution in [3.8, 4) is 0 Å². The first-order valence-electron chi connectivity index (χ1n) is 4.40. The van der Waals surface area contributed by atoms with Crippen molar-refractivity contribution < 1.29 is 9.53 Å². The third-order valence-corrected chi connectivity index (χ3v) is 2.70. The van der Waals surface area contributed by atoms with Gasteiger partial charge in [-0.05, 0) is 12.5 Å². The summed E-state index contributed by atoms with van der Waals surface area (Å²) >= 11 is 0. The molecule has 0 unspecified atom stereocenters. The molecule has 1 aromatic rings. The second-order valence-corrected chi connectivity index (χ2v) is 3.50. The molecule has 2 rings (SSSR count). The highest BCUT2D eigenvalue weighted by atomic mass is 16.5. The van der Waals surface area contributed by atoms with E-state index in [9.17, 15) is 4.79 Å². The van der Waals surface area contributed by atoms with Gasteiger partial charge in [0.2, 0.25) is 0 Å². The first-order chi connectivity index (χ1) is 6.26. The Bertz CT molecular complexity index is 312. The van der Waals surface area contributed by atoms with Gasteiger partial charge in [-0.3, -0.25) is 4.79 Å². The van der Waals surface area contributed by atoms with Crippen molar-refractivity contribution in [2.24, 2.45) is 0 Å². The third-order valence-electron chi connectivity index (χ3n) is 2.70. The summed E-state index contributed by atoms with van der Waals surface area (Å²) in [5.74, 6) is 0.199. The standard InChI is InChI=1S/C11H12O2/c1-9(12)11(7-13-8-11)10-5-3-2-4-6-10/h2-6H,7-8H2,1H3. The minimum absolute atomic E-state index is 0.199. The first-order valence-corrected chi connectivity index (χ1v) is 4.40. The number of hydrogen-bond acceptors (Lipinski definition) is 2. The number of hydrogen-bond donors (Lipinski definition) is 0. The zero-order chi connectivity index (χ0) is 9.31. The van der Waals surface area contributed by atoms with Crippen LogP contribution < -0.4 is 0 Å². The molecule has 13 heavy (non-hydrogen) atoms. The maximum absolute atomic E-state index is 11.5. The minimum atomic E-state index is -0.346. The molecule has 0 amide bonds. The van der Waals surface area contributed by atoms with Gasteiger partial charge in [-0.25, -0.2) is 0 Å². The lowest BCUT2D eigenvalue weighted by atomic mass is 9.75. The SMILES string of the molecule is CC(=O)C1(c2ccccc2)COC1. The van der Waals surface area contributed by atoms with Crippen molar-refractivity contribution in [3.05, 3.63) is 35.9 Å². The van der Waals surface area contributed by atoms with Gasteiger partial charge in [0.15, 0.2) is 0 Å². The van der Waals surface area contributed by atoms with Crippen molar-refractivity contribution in [2.75, 3.05) is 13.2 Å². The molecule has 0 saturated carbocycles. The molecule has 2 nitrogen and oxygen atoms in total. The quantitative estimate of drug-likeness (QED) is 0.683. The number of ketones is 1. The summed E-state index contributed by atoms with van der Waals surface area (Å²) < 4.78 is 5.13.